The van der Waals surface area contributed by atoms with Crippen LogP contribution in [0.5, 0.6) is 0 Å². The van der Waals surface area contributed by atoms with Gasteiger partial charge in [-0.2, -0.15) is 0 Å². The topological polar surface area (TPSA) is 8.17 Å². The van der Waals surface area contributed by atoms with Crippen LogP contribution < -0.4 is 4.90 Å². The average molecular weight is 795 g/mol. The van der Waals surface area contributed by atoms with Gasteiger partial charge in [-0.3, -0.25) is 0 Å². The first-order chi connectivity index (χ1) is 30.2. The third-order valence-electron chi connectivity index (χ3n) is 12.2. The third-order valence-corrected chi connectivity index (χ3v) is 13.5. The van der Waals surface area contributed by atoms with Crippen LogP contribution in [0.25, 0.3) is 91.8 Å². The van der Waals surface area contributed by atoms with Gasteiger partial charge < -0.3 is 9.47 Å². The second kappa shape index (κ2) is 14.5. The molecule has 0 atom stereocenters. The Bertz CT molecular complexity index is 3500. The van der Waals surface area contributed by atoms with Crippen molar-refractivity contribution in [2.75, 3.05) is 4.90 Å². The lowest BCUT2D eigenvalue weighted by Crippen LogP contribution is -2.09. The summed E-state index contributed by atoms with van der Waals surface area (Å²) in [5.74, 6) is 0. The van der Waals surface area contributed by atoms with Crippen molar-refractivity contribution in [3.05, 3.63) is 231 Å². The van der Waals surface area contributed by atoms with Crippen LogP contribution >= 0.6 is 11.3 Å². The molecule has 0 aliphatic heterocycles. The monoisotopic (exact) mass is 794 g/mol. The van der Waals surface area contributed by atoms with Crippen molar-refractivity contribution in [1.82, 2.24) is 4.57 Å². The number of nitrogens with zero attached hydrogens (tertiary/aromatic N) is 2. The second-order valence-corrected chi connectivity index (χ2v) is 16.8. The van der Waals surface area contributed by atoms with Crippen molar-refractivity contribution in [3.63, 3.8) is 0 Å². The van der Waals surface area contributed by atoms with E-state index in [9.17, 15) is 0 Å². The van der Waals surface area contributed by atoms with E-state index in [4.69, 9.17) is 0 Å². The van der Waals surface area contributed by atoms with Gasteiger partial charge in [0.05, 0.1) is 11.0 Å². The van der Waals surface area contributed by atoms with Gasteiger partial charge in [-0.05, 0) is 111 Å². The SMILES string of the molecule is c1ccc2c(-c3ccc(N(c4ccc(-c5ccc(-n6c7ccccc7c7ccccc76)cc5)cc4)c4ccc(-c5cccc6c5sc5ccccc56)cc4)cc3)cccc2c1. The lowest BCUT2D eigenvalue weighted by atomic mass is 9.98. The highest BCUT2D eigenvalue weighted by Crippen LogP contribution is 2.42. The molecule has 0 spiro atoms. The van der Waals surface area contributed by atoms with Crippen molar-refractivity contribution in [3.8, 4) is 39.1 Å². The molecule has 0 bridgehead atoms. The maximum Gasteiger partial charge on any atom is 0.0541 e. The fraction of sp³-hybridized carbons (Fsp3) is 0. The Labute approximate surface area is 358 Å². The standard InChI is InChI=1S/C58H38N2S/c1-2-13-48-41(11-1)12-9-17-49(48)42-27-35-45(36-28-42)59(46-37-29-43(30-38-46)50-18-10-19-54-53-16-5-8-22-57(53)61-58(50)54)44-31-23-39(24-32-44)40-25-33-47(34-26-40)60-55-20-6-3-14-51(55)52-15-4-7-21-56(52)60/h1-38H. The largest absolute Gasteiger partial charge is 0.311 e. The number of para-hydroxylation sites is 2. The zero-order chi connectivity index (χ0) is 40.3. The highest BCUT2D eigenvalue weighted by molar-refractivity contribution is 7.26. The summed E-state index contributed by atoms with van der Waals surface area (Å²) < 4.78 is 5.02. The molecule has 2 nitrogen and oxygen atoms in total. The molecular weight excluding hydrogens is 757 g/mol. The van der Waals surface area contributed by atoms with E-state index in [1.807, 2.05) is 11.3 Å². The maximum absolute atomic E-state index is 2.37. The van der Waals surface area contributed by atoms with E-state index >= 15 is 0 Å². The van der Waals surface area contributed by atoms with Crippen LogP contribution in [-0.4, -0.2) is 4.57 Å². The Morgan fingerprint density at radius 1 is 0.311 bits per heavy atom. The lowest BCUT2D eigenvalue weighted by Gasteiger charge is -2.26. The molecule has 2 aromatic heterocycles. The Kier molecular flexibility index (Phi) is 8.39. The Morgan fingerprint density at radius 2 is 0.754 bits per heavy atom. The van der Waals surface area contributed by atoms with E-state index in [2.05, 4.69) is 240 Å². The highest BCUT2D eigenvalue weighted by Gasteiger charge is 2.17. The van der Waals surface area contributed by atoms with Crippen LogP contribution in [-0.2, 0) is 0 Å². The molecule has 61 heavy (non-hydrogen) atoms. The molecule has 0 aliphatic carbocycles. The first kappa shape index (κ1) is 35.2. The fourth-order valence-electron chi connectivity index (χ4n) is 9.29. The van der Waals surface area contributed by atoms with E-state index in [-0.39, 0.29) is 0 Å². The fourth-order valence-corrected chi connectivity index (χ4v) is 10.5. The van der Waals surface area contributed by atoms with Crippen LogP contribution in [0.15, 0.2) is 231 Å². The molecule has 0 radical (unpaired) electrons. The summed E-state index contributed by atoms with van der Waals surface area (Å²) in [6, 6.07) is 84.0. The molecule has 3 heteroatoms. The zero-order valence-electron chi connectivity index (χ0n) is 33.2. The van der Waals surface area contributed by atoms with Gasteiger partial charge in [0.25, 0.3) is 0 Å². The van der Waals surface area contributed by atoms with E-state index < -0.39 is 0 Å². The van der Waals surface area contributed by atoms with E-state index in [0.29, 0.717) is 0 Å². The number of fused-ring (bicyclic) bond motifs is 7. The van der Waals surface area contributed by atoms with E-state index in [1.165, 1.54) is 86.1 Å². The van der Waals surface area contributed by atoms with Gasteiger partial charge >= 0.3 is 0 Å². The number of rotatable bonds is 7. The van der Waals surface area contributed by atoms with Gasteiger partial charge in [-0.15, -0.1) is 11.3 Å². The molecule has 0 fully saturated rings. The van der Waals surface area contributed by atoms with Crippen molar-refractivity contribution in [1.29, 1.82) is 0 Å². The van der Waals surface area contributed by atoms with Crippen LogP contribution in [0.3, 0.4) is 0 Å². The minimum absolute atomic E-state index is 1.10. The van der Waals surface area contributed by atoms with Crippen molar-refractivity contribution >= 4 is 81.1 Å². The van der Waals surface area contributed by atoms with Crippen molar-refractivity contribution in [2.45, 2.75) is 0 Å². The Morgan fingerprint density at radius 3 is 1.39 bits per heavy atom. The van der Waals surface area contributed by atoms with Gasteiger partial charge in [-0.25, -0.2) is 0 Å². The Hall–Kier alpha value is -7.72. The zero-order valence-corrected chi connectivity index (χ0v) is 34.1. The maximum atomic E-state index is 2.37. The molecule has 12 rings (SSSR count). The minimum Gasteiger partial charge on any atom is -0.311 e. The van der Waals surface area contributed by atoms with Crippen molar-refractivity contribution in [2.24, 2.45) is 0 Å². The number of hydrogen-bond acceptors (Lipinski definition) is 2. The summed E-state index contributed by atoms with van der Waals surface area (Å²) in [4.78, 5) is 2.37. The highest BCUT2D eigenvalue weighted by atomic mass is 32.1. The van der Waals surface area contributed by atoms with Gasteiger partial charge in [-0.1, -0.05) is 164 Å². The predicted octanol–water partition coefficient (Wildman–Crippen LogP) is 16.8. The van der Waals surface area contributed by atoms with Crippen LogP contribution in [0, 0.1) is 0 Å². The molecule has 2 heterocycles. The van der Waals surface area contributed by atoms with Gasteiger partial charge in [0.2, 0.25) is 0 Å². The minimum atomic E-state index is 1.10. The lowest BCUT2D eigenvalue weighted by molar-refractivity contribution is 1.18. The van der Waals surface area contributed by atoms with E-state index in [0.717, 1.165) is 22.7 Å². The second-order valence-electron chi connectivity index (χ2n) is 15.7. The summed E-state index contributed by atoms with van der Waals surface area (Å²) in [5, 5.41) is 7.69. The molecule has 10 aromatic carbocycles. The van der Waals surface area contributed by atoms with Crippen LogP contribution in [0.4, 0.5) is 17.1 Å². The van der Waals surface area contributed by atoms with Crippen LogP contribution in [0.2, 0.25) is 0 Å². The summed E-state index contributed by atoms with van der Waals surface area (Å²) in [7, 11) is 0. The number of anilines is 3. The van der Waals surface area contributed by atoms with Gasteiger partial charge in [0, 0.05) is 53.7 Å². The number of thiophene rings is 1. The molecule has 12 aromatic rings. The third kappa shape index (κ3) is 6.01. The number of benzene rings is 10. The summed E-state index contributed by atoms with van der Waals surface area (Å²) >= 11 is 1.88. The molecule has 0 unspecified atom stereocenters. The molecule has 0 amide bonds. The predicted molar refractivity (Wildman–Crippen MR) is 262 cm³/mol. The number of hydrogen-bond donors (Lipinski definition) is 0. The number of aromatic nitrogens is 1. The first-order valence-corrected chi connectivity index (χ1v) is 21.6. The molecule has 0 aliphatic rings. The molecule has 0 saturated carbocycles. The first-order valence-electron chi connectivity index (χ1n) is 20.8. The van der Waals surface area contributed by atoms with Gasteiger partial charge in [0.15, 0.2) is 0 Å². The van der Waals surface area contributed by atoms with E-state index in [1.54, 1.807) is 0 Å². The smallest absolute Gasteiger partial charge is 0.0541 e. The molecular formula is C58H38N2S. The average Bonchev–Trinajstić information content (AvgIpc) is 3.89. The van der Waals surface area contributed by atoms with Gasteiger partial charge in [0.1, 0.15) is 0 Å². The quantitative estimate of drug-likeness (QED) is 0.156. The summed E-state index contributed by atoms with van der Waals surface area (Å²) in [6.07, 6.45) is 0. The summed E-state index contributed by atoms with van der Waals surface area (Å²) in [5.41, 5.74) is 14.2. The normalized spacial score (nSPS) is 11.6. The Balaban J connectivity index is 0.911. The van der Waals surface area contributed by atoms with Crippen molar-refractivity contribution < 1.29 is 0 Å². The molecule has 0 saturated heterocycles. The summed E-state index contributed by atoms with van der Waals surface area (Å²) in [6.45, 7) is 0. The molecule has 0 N–H and O–H groups in total. The van der Waals surface area contributed by atoms with Crippen LogP contribution in [0.1, 0.15) is 0 Å². The molecule has 286 valence electrons.